The summed E-state index contributed by atoms with van der Waals surface area (Å²) >= 11 is 3.47. The lowest BCUT2D eigenvalue weighted by molar-refractivity contribution is 1.14. The molecule has 4 aromatic heterocycles. The van der Waals surface area contributed by atoms with E-state index in [4.69, 9.17) is 6.85 Å². The van der Waals surface area contributed by atoms with Crippen molar-refractivity contribution < 1.29 is 6.85 Å². The minimum atomic E-state index is -0.465. The number of nitriles is 1. The van der Waals surface area contributed by atoms with Crippen molar-refractivity contribution >= 4 is 112 Å². The molecule has 68 heavy (non-hydrogen) atoms. The lowest BCUT2D eigenvalue weighted by Crippen LogP contribution is -2.09. The van der Waals surface area contributed by atoms with Crippen molar-refractivity contribution in [3.63, 3.8) is 0 Å². The molecular formula is C62H34N4S2. The number of hydrogen-bond acceptors (Lipinski definition) is 3. The molecule has 0 bridgehead atoms. The Morgan fingerprint density at radius 1 is 0.456 bits per heavy atom. The Labute approximate surface area is 405 Å². The minimum absolute atomic E-state index is 0.0777. The Morgan fingerprint density at radius 2 is 0.971 bits per heavy atom. The standard InChI is InChI=1S/C62H34N4S2/c1-64-56-54(38-19-7-3-8-20-38)49(36-63)57(55(39-21-9-4-10-22-39)60(56)65-50-26-14-11-23-41(50)42-30-29-40(35-51(42)65)37-17-5-2-6-18-37)66-58-45(31-33-47-43-24-12-15-27-52(43)67-61(47)58)46-32-34-48-44-25-13-16-28-53(44)68-62(48)59(46)66/h2-35H/i2D,5D,6D,17D,18D. The third-order valence-electron chi connectivity index (χ3n) is 13.5. The van der Waals surface area contributed by atoms with E-state index < -0.39 is 18.1 Å². The van der Waals surface area contributed by atoms with E-state index in [1.807, 2.05) is 103 Å². The van der Waals surface area contributed by atoms with E-state index in [1.54, 1.807) is 22.7 Å². The first-order chi connectivity index (χ1) is 35.8. The molecule has 314 valence electrons. The van der Waals surface area contributed by atoms with Crippen LogP contribution in [0.3, 0.4) is 0 Å². The van der Waals surface area contributed by atoms with E-state index in [-0.39, 0.29) is 23.3 Å². The summed E-state index contributed by atoms with van der Waals surface area (Å²) in [5, 5.41) is 20.4. The average molecular weight is 904 g/mol. The average Bonchev–Trinajstić information content (AvgIpc) is 4.19. The van der Waals surface area contributed by atoms with E-state index in [0.717, 1.165) is 84.0 Å². The van der Waals surface area contributed by atoms with Crippen LogP contribution in [0.25, 0.3) is 134 Å². The molecule has 0 N–H and O–H groups in total. The molecule has 0 aliphatic heterocycles. The zero-order chi connectivity index (χ0) is 49.4. The van der Waals surface area contributed by atoms with Gasteiger partial charge >= 0.3 is 0 Å². The summed E-state index contributed by atoms with van der Waals surface area (Å²) in [7, 11) is 0. The number of rotatable bonds is 5. The minimum Gasteiger partial charge on any atom is -0.318 e. The van der Waals surface area contributed by atoms with E-state index >= 15 is 0 Å². The van der Waals surface area contributed by atoms with Gasteiger partial charge in [-0.25, -0.2) is 4.85 Å². The highest BCUT2D eigenvalue weighted by molar-refractivity contribution is 7.27. The van der Waals surface area contributed by atoms with Crippen LogP contribution < -0.4 is 0 Å². The van der Waals surface area contributed by atoms with Gasteiger partial charge in [0.25, 0.3) is 0 Å². The van der Waals surface area contributed by atoms with Crippen LogP contribution in [0.5, 0.6) is 0 Å². The van der Waals surface area contributed by atoms with Gasteiger partial charge in [0.2, 0.25) is 5.69 Å². The van der Waals surface area contributed by atoms with Gasteiger partial charge in [-0.1, -0.05) is 182 Å². The van der Waals surface area contributed by atoms with E-state index in [0.29, 0.717) is 44.7 Å². The van der Waals surface area contributed by atoms with Crippen LogP contribution in [0, 0.1) is 17.9 Å². The molecule has 4 heterocycles. The summed E-state index contributed by atoms with van der Waals surface area (Å²) in [6.07, 6.45) is 0. The summed E-state index contributed by atoms with van der Waals surface area (Å²) in [5.41, 5.74) is 8.26. The number of aromatic nitrogens is 2. The quantitative estimate of drug-likeness (QED) is 0.159. The summed E-state index contributed by atoms with van der Waals surface area (Å²) in [4.78, 5) is 4.50. The van der Waals surface area contributed by atoms with Gasteiger partial charge in [0.15, 0.2) is 0 Å². The monoisotopic (exact) mass is 903 g/mol. The highest BCUT2D eigenvalue weighted by Crippen LogP contribution is 2.54. The van der Waals surface area contributed by atoms with Crippen molar-refractivity contribution in [1.82, 2.24) is 9.13 Å². The second-order valence-corrected chi connectivity index (χ2v) is 19.0. The number of hydrogen-bond donors (Lipinski definition) is 0. The third-order valence-corrected chi connectivity index (χ3v) is 15.8. The Morgan fingerprint density at radius 3 is 1.57 bits per heavy atom. The maximum Gasteiger partial charge on any atom is 0.220 e. The molecule has 0 saturated carbocycles. The number of nitrogens with zero attached hydrogens (tertiary/aromatic N) is 4. The van der Waals surface area contributed by atoms with Crippen LogP contribution >= 0.6 is 22.7 Å². The van der Waals surface area contributed by atoms with Gasteiger partial charge in [-0.05, 0) is 46.5 Å². The van der Waals surface area contributed by atoms with Crippen LogP contribution in [-0.4, -0.2) is 9.13 Å². The summed E-state index contributed by atoms with van der Waals surface area (Å²) in [5.74, 6) is 0. The summed E-state index contributed by atoms with van der Waals surface area (Å²) in [6.45, 7) is 9.36. The van der Waals surface area contributed by atoms with Crippen LogP contribution in [0.4, 0.5) is 5.69 Å². The molecule has 0 amide bonds. The largest absolute Gasteiger partial charge is 0.318 e. The van der Waals surface area contributed by atoms with Crippen LogP contribution in [0.15, 0.2) is 206 Å². The van der Waals surface area contributed by atoms with Crippen LogP contribution in [0.1, 0.15) is 12.4 Å². The molecule has 14 aromatic rings. The predicted molar refractivity (Wildman–Crippen MR) is 288 cm³/mol. The second kappa shape index (κ2) is 14.9. The highest BCUT2D eigenvalue weighted by atomic mass is 32.1. The maximum absolute atomic E-state index is 12.1. The van der Waals surface area contributed by atoms with Gasteiger partial charge in [-0.15, -0.1) is 22.7 Å². The van der Waals surface area contributed by atoms with Gasteiger partial charge in [0.1, 0.15) is 6.07 Å². The van der Waals surface area contributed by atoms with Crippen LogP contribution in [0.2, 0.25) is 0 Å². The molecule has 0 fully saturated rings. The topological polar surface area (TPSA) is 38.0 Å². The molecule has 10 aromatic carbocycles. The fraction of sp³-hybridized carbons (Fsp3) is 0. The summed E-state index contributed by atoms with van der Waals surface area (Å²) < 4.78 is 52.7. The molecule has 0 radical (unpaired) electrons. The molecule has 0 aliphatic carbocycles. The maximum atomic E-state index is 12.1. The second-order valence-electron chi connectivity index (χ2n) is 16.9. The Hall–Kier alpha value is -8.78. The molecular weight excluding hydrogens is 865 g/mol. The van der Waals surface area contributed by atoms with E-state index in [9.17, 15) is 11.8 Å². The van der Waals surface area contributed by atoms with Gasteiger partial charge in [0, 0.05) is 63.6 Å². The van der Waals surface area contributed by atoms with Crippen molar-refractivity contribution in [2.75, 3.05) is 0 Å². The number of benzene rings is 10. The smallest absolute Gasteiger partial charge is 0.220 e. The molecule has 6 heteroatoms. The fourth-order valence-corrected chi connectivity index (χ4v) is 13.1. The lowest BCUT2D eigenvalue weighted by Gasteiger charge is -2.26. The van der Waals surface area contributed by atoms with Crippen molar-refractivity contribution in [1.29, 1.82) is 5.26 Å². The first kappa shape index (κ1) is 33.7. The molecule has 0 saturated heterocycles. The zero-order valence-corrected chi connectivity index (χ0v) is 37.5. The Kier molecular flexibility index (Phi) is 7.36. The molecule has 14 rings (SSSR count). The van der Waals surface area contributed by atoms with Crippen LogP contribution in [-0.2, 0) is 0 Å². The van der Waals surface area contributed by atoms with Gasteiger partial charge < -0.3 is 9.13 Å². The van der Waals surface area contributed by atoms with Crippen molar-refractivity contribution in [2.24, 2.45) is 0 Å². The first-order valence-corrected chi connectivity index (χ1v) is 23.8. The molecule has 0 unspecified atom stereocenters. The molecule has 4 nitrogen and oxygen atoms in total. The van der Waals surface area contributed by atoms with Crippen molar-refractivity contribution in [3.8, 4) is 50.8 Å². The number of fused-ring (bicyclic) bond motifs is 14. The Balaban J connectivity index is 1.27. The predicted octanol–water partition coefficient (Wildman–Crippen LogP) is 18.0. The van der Waals surface area contributed by atoms with E-state index in [1.165, 1.54) is 0 Å². The van der Waals surface area contributed by atoms with Gasteiger partial charge in [0.05, 0.1) is 61.8 Å². The fourth-order valence-electron chi connectivity index (χ4n) is 10.7. The SMILES string of the molecule is [2H]c1c([2H])c([2H])c(-c2ccc3c4ccccc4n(-c4c([N+]#[C-])c(-c5ccccc5)c(C#N)c(-n5c6c(ccc7c8ccccc8sc76)c6ccc7c8ccccc8sc7c65)c4-c4ccccc4)c3c2)c([2H])c1[2H]. The third kappa shape index (κ3) is 5.39. The van der Waals surface area contributed by atoms with Crippen molar-refractivity contribution in [2.45, 2.75) is 0 Å². The molecule has 0 aliphatic rings. The summed E-state index contributed by atoms with van der Waals surface area (Å²) in [6, 6.07) is 60.1. The highest BCUT2D eigenvalue weighted by Gasteiger charge is 2.33. The Bertz CT molecular complexity index is 4670. The van der Waals surface area contributed by atoms with Gasteiger partial charge in [-0.2, -0.15) is 5.26 Å². The molecule has 0 atom stereocenters. The molecule has 0 spiro atoms. The normalized spacial score (nSPS) is 12.8. The zero-order valence-electron chi connectivity index (χ0n) is 40.8. The lowest BCUT2D eigenvalue weighted by atomic mass is 9.88. The first-order valence-electron chi connectivity index (χ1n) is 24.7. The van der Waals surface area contributed by atoms with Crippen molar-refractivity contribution in [3.05, 3.63) is 223 Å². The van der Waals surface area contributed by atoms with Gasteiger partial charge in [-0.3, -0.25) is 0 Å². The number of para-hydroxylation sites is 1. The number of thiophene rings is 2. The van der Waals surface area contributed by atoms with E-state index in [2.05, 4.69) is 92.8 Å².